The molecular formula is C18H19FN2O4. The summed E-state index contributed by atoms with van der Waals surface area (Å²) in [6.07, 6.45) is -0.000158. The monoisotopic (exact) mass is 346 g/mol. The molecule has 7 heteroatoms. The number of amides is 2. The highest BCUT2D eigenvalue weighted by atomic mass is 19.1. The number of esters is 1. The van der Waals surface area contributed by atoms with Crippen molar-refractivity contribution in [3.8, 4) is 5.75 Å². The minimum Gasteiger partial charge on any atom is -0.496 e. The molecule has 2 aromatic carbocycles. The number of para-hydroxylation sites is 1. The first-order chi connectivity index (χ1) is 12.1. The molecule has 2 rings (SSSR count). The quantitative estimate of drug-likeness (QED) is 0.756. The van der Waals surface area contributed by atoms with Crippen molar-refractivity contribution in [2.45, 2.75) is 13.0 Å². The summed E-state index contributed by atoms with van der Waals surface area (Å²) < 4.78 is 23.4. The van der Waals surface area contributed by atoms with Crippen molar-refractivity contribution >= 4 is 17.7 Å². The van der Waals surface area contributed by atoms with Gasteiger partial charge in [-0.1, -0.05) is 18.2 Å². The smallest absolute Gasteiger partial charge is 0.319 e. The van der Waals surface area contributed by atoms with Crippen molar-refractivity contribution in [2.24, 2.45) is 0 Å². The Balaban J connectivity index is 1.70. The second-order valence-electron chi connectivity index (χ2n) is 5.11. The number of anilines is 1. The van der Waals surface area contributed by atoms with Gasteiger partial charge in [0.05, 0.1) is 13.5 Å². The second-order valence-corrected chi connectivity index (χ2v) is 5.11. The van der Waals surface area contributed by atoms with Crippen molar-refractivity contribution in [3.63, 3.8) is 0 Å². The predicted octanol–water partition coefficient (Wildman–Crippen LogP) is 3.09. The van der Waals surface area contributed by atoms with Gasteiger partial charge in [0.2, 0.25) is 0 Å². The molecule has 25 heavy (non-hydrogen) atoms. The molecule has 0 unspecified atom stereocenters. The van der Waals surface area contributed by atoms with Crippen LogP contribution in [-0.2, 0) is 16.1 Å². The first kappa shape index (κ1) is 18.3. The standard InChI is InChI=1S/C18H19FN2O4/c1-24-16-8-7-14(19)11-13(16)12-25-17(22)9-10-20-18(23)21-15-5-3-2-4-6-15/h2-8,11H,9-10,12H2,1H3,(H2,20,21,23). The van der Waals surface area contributed by atoms with Gasteiger partial charge in [0, 0.05) is 17.8 Å². The lowest BCUT2D eigenvalue weighted by Gasteiger charge is -2.10. The molecule has 0 aromatic heterocycles. The van der Waals surface area contributed by atoms with E-state index in [-0.39, 0.29) is 19.6 Å². The van der Waals surface area contributed by atoms with E-state index in [9.17, 15) is 14.0 Å². The normalized spacial score (nSPS) is 10.0. The number of ether oxygens (including phenoxy) is 2. The number of urea groups is 1. The maximum atomic E-state index is 13.2. The van der Waals surface area contributed by atoms with Crippen LogP contribution in [0.15, 0.2) is 48.5 Å². The van der Waals surface area contributed by atoms with Gasteiger partial charge >= 0.3 is 12.0 Å². The number of nitrogens with one attached hydrogen (secondary N) is 2. The molecule has 0 radical (unpaired) electrons. The Morgan fingerprint density at radius 2 is 1.88 bits per heavy atom. The Morgan fingerprint density at radius 1 is 1.12 bits per heavy atom. The number of methoxy groups -OCH3 is 1. The first-order valence-electron chi connectivity index (χ1n) is 7.66. The topological polar surface area (TPSA) is 76.7 Å². The molecule has 2 aromatic rings. The van der Waals surface area contributed by atoms with E-state index in [4.69, 9.17) is 9.47 Å². The van der Waals surface area contributed by atoms with Crippen molar-refractivity contribution < 1.29 is 23.5 Å². The molecular weight excluding hydrogens is 327 g/mol. The highest BCUT2D eigenvalue weighted by Crippen LogP contribution is 2.20. The third kappa shape index (κ3) is 6.14. The Hall–Kier alpha value is -3.09. The summed E-state index contributed by atoms with van der Waals surface area (Å²) in [4.78, 5) is 23.4. The molecule has 2 N–H and O–H groups in total. The van der Waals surface area contributed by atoms with Gasteiger partial charge in [0.25, 0.3) is 0 Å². The second kappa shape index (κ2) is 9.27. The first-order valence-corrected chi connectivity index (χ1v) is 7.66. The van der Waals surface area contributed by atoms with Crippen LogP contribution in [0.4, 0.5) is 14.9 Å². The lowest BCUT2D eigenvalue weighted by atomic mass is 10.2. The van der Waals surface area contributed by atoms with E-state index in [0.29, 0.717) is 17.0 Å². The summed E-state index contributed by atoms with van der Waals surface area (Å²) in [5.41, 5.74) is 1.09. The van der Waals surface area contributed by atoms with Gasteiger partial charge in [-0.05, 0) is 30.3 Å². The van der Waals surface area contributed by atoms with Gasteiger partial charge < -0.3 is 20.1 Å². The van der Waals surface area contributed by atoms with E-state index in [1.807, 2.05) is 6.07 Å². The molecule has 132 valence electrons. The molecule has 0 aliphatic rings. The van der Waals surface area contributed by atoms with Crippen LogP contribution in [0.25, 0.3) is 0 Å². The van der Waals surface area contributed by atoms with Gasteiger partial charge in [0.15, 0.2) is 0 Å². The van der Waals surface area contributed by atoms with Crippen molar-refractivity contribution in [3.05, 3.63) is 59.9 Å². The molecule has 0 aliphatic heterocycles. The Kier molecular flexibility index (Phi) is 6.76. The average Bonchev–Trinajstić information content (AvgIpc) is 2.61. The molecule has 0 spiro atoms. The van der Waals surface area contributed by atoms with E-state index in [1.165, 1.54) is 25.3 Å². The summed E-state index contributed by atoms with van der Waals surface area (Å²) >= 11 is 0. The van der Waals surface area contributed by atoms with Crippen molar-refractivity contribution in [1.82, 2.24) is 5.32 Å². The van der Waals surface area contributed by atoms with Gasteiger partial charge in [0.1, 0.15) is 18.2 Å². The third-order valence-corrected chi connectivity index (χ3v) is 3.28. The Bertz CT molecular complexity index is 722. The van der Waals surface area contributed by atoms with Gasteiger partial charge in [-0.2, -0.15) is 0 Å². The highest BCUT2D eigenvalue weighted by molar-refractivity contribution is 5.89. The molecule has 2 amide bonds. The van der Waals surface area contributed by atoms with Gasteiger partial charge in [-0.3, -0.25) is 4.79 Å². The van der Waals surface area contributed by atoms with Crippen molar-refractivity contribution in [2.75, 3.05) is 19.0 Å². The van der Waals surface area contributed by atoms with E-state index in [1.54, 1.807) is 24.3 Å². The van der Waals surface area contributed by atoms with Crippen LogP contribution in [0.1, 0.15) is 12.0 Å². The zero-order valence-electron chi connectivity index (χ0n) is 13.8. The number of halogens is 1. The average molecular weight is 346 g/mol. The molecule has 0 heterocycles. The summed E-state index contributed by atoms with van der Waals surface area (Å²) in [6, 6.07) is 12.5. The summed E-state index contributed by atoms with van der Waals surface area (Å²) in [5.74, 6) is -0.507. The fourth-order valence-electron chi connectivity index (χ4n) is 2.07. The van der Waals surface area contributed by atoms with Crippen LogP contribution in [0.3, 0.4) is 0 Å². The van der Waals surface area contributed by atoms with Crippen LogP contribution in [0.5, 0.6) is 5.75 Å². The van der Waals surface area contributed by atoms with Crippen LogP contribution in [-0.4, -0.2) is 25.7 Å². The fraction of sp³-hybridized carbons (Fsp3) is 0.222. The lowest BCUT2D eigenvalue weighted by Crippen LogP contribution is -2.30. The SMILES string of the molecule is COc1ccc(F)cc1COC(=O)CCNC(=O)Nc1ccccc1. The van der Waals surface area contributed by atoms with Crippen LogP contribution >= 0.6 is 0 Å². The number of benzene rings is 2. The van der Waals surface area contributed by atoms with E-state index < -0.39 is 17.8 Å². The van der Waals surface area contributed by atoms with Crippen molar-refractivity contribution in [1.29, 1.82) is 0 Å². The summed E-state index contributed by atoms with van der Waals surface area (Å²) in [7, 11) is 1.45. The number of hydrogen-bond donors (Lipinski definition) is 2. The fourth-order valence-corrected chi connectivity index (χ4v) is 2.07. The Labute approximate surface area is 144 Å². The molecule has 6 nitrogen and oxygen atoms in total. The third-order valence-electron chi connectivity index (χ3n) is 3.28. The lowest BCUT2D eigenvalue weighted by molar-refractivity contribution is -0.144. The van der Waals surface area contributed by atoms with E-state index in [0.717, 1.165) is 0 Å². The largest absolute Gasteiger partial charge is 0.496 e. The van der Waals surface area contributed by atoms with E-state index >= 15 is 0 Å². The number of carbonyl (C=O) groups excluding carboxylic acids is 2. The maximum Gasteiger partial charge on any atom is 0.319 e. The van der Waals surface area contributed by atoms with E-state index in [2.05, 4.69) is 10.6 Å². The predicted molar refractivity (Wildman–Crippen MR) is 90.8 cm³/mol. The van der Waals surface area contributed by atoms with Gasteiger partial charge in [-0.25, -0.2) is 9.18 Å². The van der Waals surface area contributed by atoms with Gasteiger partial charge in [-0.15, -0.1) is 0 Å². The highest BCUT2D eigenvalue weighted by Gasteiger charge is 2.09. The Morgan fingerprint density at radius 3 is 2.60 bits per heavy atom. The minimum absolute atomic E-state index is 0.000158. The number of hydrogen-bond acceptors (Lipinski definition) is 4. The molecule has 0 saturated heterocycles. The molecule has 0 atom stereocenters. The zero-order chi connectivity index (χ0) is 18.1. The molecule has 0 bridgehead atoms. The minimum atomic E-state index is -0.508. The number of rotatable bonds is 7. The summed E-state index contributed by atoms with van der Waals surface area (Å²) in [5, 5.41) is 5.19. The molecule has 0 saturated carbocycles. The molecule has 0 fully saturated rings. The molecule has 0 aliphatic carbocycles. The van der Waals surface area contributed by atoms with Crippen LogP contribution in [0.2, 0.25) is 0 Å². The summed E-state index contributed by atoms with van der Waals surface area (Å²) in [6.45, 7) is 0.0216. The maximum absolute atomic E-state index is 13.2. The number of carbonyl (C=O) groups is 2. The zero-order valence-corrected chi connectivity index (χ0v) is 13.8. The van der Waals surface area contributed by atoms with Crippen LogP contribution in [0, 0.1) is 5.82 Å². The van der Waals surface area contributed by atoms with Crippen LogP contribution < -0.4 is 15.4 Å².